The van der Waals surface area contributed by atoms with E-state index >= 15 is 0 Å². The summed E-state index contributed by atoms with van der Waals surface area (Å²) in [7, 11) is 0. The summed E-state index contributed by atoms with van der Waals surface area (Å²) < 4.78 is 19.7. The van der Waals surface area contributed by atoms with Gasteiger partial charge < -0.3 is 9.73 Å². The fourth-order valence-corrected chi connectivity index (χ4v) is 3.60. The second-order valence-corrected chi connectivity index (χ2v) is 7.97. The molecule has 5 nitrogen and oxygen atoms in total. The monoisotopic (exact) mass is 403 g/mol. The van der Waals surface area contributed by atoms with Crippen molar-refractivity contribution in [3.63, 3.8) is 0 Å². The molecule has 0 saturated heterocycles. The Hall–Kier alpha value is -3.54. The zero-order valence-corrected chi connectivity index (χ0v) is 17.1. The molecule has 2 heterocycles. The summed E-state index contributed by atoms with van der Waals surface area (Å²) in [5.74, 6) is -0.398. The summed E-state index contributed by atoms with van der Waals surface area (Å²) in [5.41, 5.74) is 3.71. The molecule has 1 aliphatic rings. The first-order valence-electron chi connectivity index (χ1n) is 9.70. The highest BCUT2D eigenvalue weighted by Crippen LogP contribution is 2.38. The molecule has 30 heavy (non-hydrogen) atoms. The van der Waals surface area contributed by atoms with E-state index in [1.807, 2.05) is 45.0 Å². The molecule has 1 aromatic carbocycles. The van der Waals surface area contributed by atoms with Crippen LogP contribution in [-0.4, -0.2) is 15.9 Å². The molecule has 1 amide bonds. The van der Waals surface area contributed by atoms with Gasteiger partial charge in [0, 0.05) is 16.5 Å². The van der Waals surface area contributed by atoms with Gasteiger partial charge in [-0.15, -0.1) is 0 Å². The molecule has 0 unspecified atom stereocenters. The van der Waals surface area contributed by atoms with E-state index in [2.05, 4.69) is 15.3 Å². The van der Waals surface area contributed by atoms with Crippen molar-refractivity contribution in [2.24, 2.45) is 5.41 Å². The minimum atomic E-state index is -0.562. The Labute approximate surface area is 174 Å². The highest BCUT2D eigenvalue weighted by molar-refractivity contribution is 6.05. The molecular weight excluding hydrogens is 381 g/mol. The van der Waals surface area contributed by atoms with Crippen LogP contribution in [0, 0.1) is 12.3 Å². The van der Waals surface area contributed by atoms with Gasteiger partial charge in [-0.25, -0.2) is 9.37 Å². The SMILES string of the molecule is Cc1ccc(-c2ncco2)cc1-c1ccc(NC(=O)C2=C(F)C=CCC2(C)C)cn1. The predicted molar refractivity (Wildman–Crippen MR) is 114 cm³/mol. The number of aryl methyl sites for hydroxylation is 1. The summed E-state index contributed by atoms with van der Waals surface area (Å²) in [4.78, 5) is 21.4. The van der Waals surface area contributed by atoms with Crippen LogP contribution in [0.4, 0.5) is 10.1 Å². The number of carbonyl (C=O) groups excluding carboxylic acids is 1. The number of nitrogens with one attached hydrogen (secondary N) is 1. The molecule has 0 fully saturated rings. The number of hydrogen-bond acceptors (Lipinski definition) is 4. The van der Waals surface area contributed by atoms with Gasteiger partial charge in [0.15, 0.2) is 0 Å². The standard InChI is InChI=1S/C24H22FN3O2/c1-15-6-7-16(23-26-11-12-30-23)13-18(15)20-9-8-17(14-27-20)28-22(29)21-19(25)5-4-10-24(21,2)3/h4-9,11-14H,10H2,1-3H3,(H,28,29). The molecule has 0 bridgehead atoms. The van der Waals surface area contributed by atoms with Crippen molar-refractivity contribution in [3.8, 4) is 22.7 Å². The zero-order chi connectivity index (χ0) is 21.3. The summed E-state index contributed by atoms with van der Waals surface area (Å²) in [6, 6.07) is 9.50. The molecule has 6 heteroatoms. The first-order valence-corrected chi connectivity index (χ1v) is 9.70. The van der Waals surface area contributed by atoms with Gasteiger partial charge in [-0.3, -0.25) is 9.78 Å². The van der Waals surface area contributed by atoms with E-state index in [-0.39, 0.29) is 5.57 Å². The van der Waals surface area contributed by atoms with Crippen LogP contribution in [-0.2, 0) is 4.79 Å². The maximum Gasteiger partial charge on any atom is 0.255 e. The number of amides is 1. The van der Waals surface area contributed by atoms with E-state index in [4.69, 9.17) is 4.42 Å². The third-order valence-corrected chi connectivity index (χ3v) is 5.25. The Morgan fingerprint density at radius 2 is 2.03 bits per heavy atom. The Balaban J connectivity index is 1.58. The number of allylic oxidation sites excluding steroid dienone is 3. The van der Waals surface area contributed by atoms with Crippen molar-refractivity contribution in [1.82, 2.24) is 9.97 Å². The third kappa shape index (κ3) is 3.81. The largest absolute Gasteiger partial charge is 0.445 e. The van der Waals surface area contributed by atoms with E-state index in [1.54, 1.807) is 24.5 Å². The van der Waals surface area contributed by atoms with Gasteiger partial charge in [0.2, 0.25) is 5.89 Å². The number of anilines is 1. The van der Waals surface area contributed by atoms with Crippen molar-refractivity contribution in [1.29, 1.82) is 0 Å². The van der Waals surface area contributed by atoms with Crippen LogP contribution >= 0.6 is 0 Å². The predicted octanol–water partition coefficient (Wildman–Crippen LogP) is 5.86. The molecule has 2 aromatic heterocycles. The Kier molecular flexibility index (Phi) is 5.08. The molecule has 0 saturated carbocycles. The van der Waals surface area contributed by atoms with E-state index < -0.39 is 17.1 Å². The number of nitrogens with zero attached hydrogens (tertiary/aromatic N) is 2. The summed E-state index contributed by atoms with van der Waals surface area (Å²) in [6.45, 7) is 5.71. The average molecular weight is 403 g/mol. The van der Waals surface area contributed by atoms with Gasteiger partial charge in [-0.05, 0) is 49.2 Å². The summed E-state index contributed by atoms with van der Waals surface area (Å²) in [5, 5.41) is 2.77. The Morgan fingerprint density at radius 3 is 2.70 bits per heavy atom. The maximum atomic E-state index is 14.3. The number of oxazole rings is 1. The van der Waals surface area contributed by atoms with Gasteiger partial charge in [0.05, 0.1) is 29.3 Å². The number of halogens is 1. The van der Waals surface area contributed by atoms with Gasteiger partial charge in [0.1, 0.15) is 12.1 Å². The van der Waals surface area contributed by atoms with Crippen LogP contribution in [0.25, 0.3) is 22.7 Å². The van der Waals surface area contributed by atoms with Crippen LogP contribution in [0.1, 0.15) is 25.8 Å². The number of pyridine rings is 1. The highest BCUT2D eigenvalue weighted by Gasteiger charge is 2.33. The molecule has 152 valence electrons. The van der Waals surface area contributed by atoms with Crippen LogP contribution in [0.5, 0.6) is 0 Å². The van der Waals surface area contributed by atoms with Crippen LogP contribution < -0.4 is 5.32 Å². The number of aromatic nitrogens is 2. The van der Waals surface area contributed by atoms with Gasteiger partial charge >= 0.3 is 0 Å². The smallest absolute Gasteiger partial charge is 0.255 e. The lowest BCUT2D eigenvalue weighted by Crippen LogP contribution is -2.28. The van der Waals surface area contributed by atoms with Crippen LogP contribution in [0.15, 0.2) is 77.0 Å². The maximum absolute atomic E-state index is 14.3. The molecule has 3 aromatic rings. The molecule has 4 rings (SSSR count). The topological polar surface area (TPSA) is 68.0 Å². The van der Waals surface area contributed by atoms with Gasteiger partial charge in [0.25, 0.3) is 5.91 Å². The molecule has 0 atom stereocenters. The highest BCUT2D eigenvalue weighted by atomic mass is 19.1. The van der Waals surface area contributed by atoms with Crippen LogP contribution in [0.3, 0.4) is 0 Å². The number of rotatable bonds is 4. The minimum absolute atomic E-state index is 0.156. The molecule has 0 spiro atoms. The zero-order valence-electron chi connectivity index (χ0n) is 17.1. The van der Waals surface area contributed by atoms with Crippen molar-refractivity contribution in [3.05, 3.63) is 78.1 Å². The van der Waals surface area contributed by atoms with E-state index in [0.717, 1.165) is 22.4 Å². The van der Waals surface area contributed by atoms with Crippen LogP contribution in [0.2, 0.25) is 0 Å². The Bertz CT molecular complexity index is 1140. The Morgan fingerprint density at radius 1 is 1.20 bits per heavy atom. The lowest BCUT2D eigenvalue weighted by Gasteiger charge is -2.28. The van der Waals surface area contributed by atoms with Crippen molar-refractivity contribution in [2.75, 3.05) is 5.32 Å². The fourth-order valence-electron chi connectivity index (χ4n) is 3.60. The number of benzene rings is 1. The lowest BCUT2D eigenvalue weighted by atomic mass is 9.77. The fraction of sp³-hybridized carbons (Fsp3) is 0.208. The second kappa shape index (κ2) is 7.71. The van der Waals surface area contributed by atoms with Crippen molar-refractivity contribution < 1.29 is 13.6 Å². The average Bonchev–Trinajstić information content (AvgIpc) is 3.23. The van der Waals surface area contributed by atoms with E-state index in [9.17, 15) is 9.18 Å². The minimum Gasteiger partial charge on any atom is -0.445 e. The van der Waals surface area contributed by atoms with E-state index in [1.165, 1.54) is 12.3 Å². The summed E-state index contributed by atoms with van der Waals surface area (Å²) in [6.07, 6.45) is 8.43. The van der Waals surface area contributed by atoms with Crippen molar-refractivity contribution in [2.45, 2.75) is 27.2 Å². The lowest BCUT2D eigenvalue weighted by molar-refractivity contribution is -0.114. The van der Waals surface area contributed by atoms with Gasteiger partial charge in [-0.1, -0.05) is 26.0 Å². The number of hydrogen-bond donors (Lipinski definition) is 1. The molecule has 1 N–H and O–H groups in total. The second-order valence-electron chi connectivity index (χ2n) is 7.97. The molecule has 1 aliphatic carbocycles. The van der Waals surface area contributed by atoms with Crippen molar-refractivity contribution >= 4 is 11.6 Å². The number of carbonyl (C=O) groups is 1. The molecule has 0 radical (unpaired) electrons. The first-order chi connectivity index (χ1) is 14.3. The molecular formula is C24H22FN3O2. The van der Waals surface area contributed by atoms with Gasteiger partial charge in [-0.2, -0.15) is 0 Å². The quantitative estimate of drug-likeness (QED) is 0.592. The van der Waals surface area contributed by atoms with E-state index in [0.29, 0.717) is 18.0 Å². The first kappa shape index (κ1) is 19.8. The summed E-state index contributed by atoms with van der Waals surface area (Å²) >= 11 is 0. The molecule has 0 aliphatic heterocycles. The normalized spacial score (nSPS) is 15.3. The third-order valence-electron chi connectivity index (χ3n) is 5.25.